The van der Waals surface area contributed by atoms with E-state index in [9.17, 15) is 4.39 Å². The first-order valence-electron chi connectivity index (χ1n) is 6.33. The predicted molar refractivity (Wildman–Crippen MR) is 69.0 cm³/mol. The highest BCUT2D eigenvalue weighted by atomic mass is 19.1. The third kappa shape index (κ3) is 5.68. The maximum Gasteiger partial charge on any atom is 0.126 e. The van der Waals surface area contributed by atoms with E-state index in [1.807, 2.05) is 6.92 Å². The molecular weight excluding hydrogens is 217 g/mol. The summed E-state index contributed by atoms with van der Waals surface area (Å²) in [4.78, 5) is 0. The Morgan fingerprint density at radius 3 is 2.82 bits per heavy atom. The van der Waals surface area contributed by atoms with Crippen LogP contribution in [0.5, 0.6) is 5.75 Å². The van der Waals surface area contributed by atoms with Gasteiger partial charge in [-0.15, -0.1) is 0 Å². The fraction of sp³-hybridized carbons (Fsp3) is 0.571. The molecule has 0 amide bonds. The van der Waals surface area contributed by atoms with Crippen molar-refractivity contribution in [3.05, 3.63) is 29.6 Å². The van der Waals surface area contributed by atoms with Crippen molar-refractivity contribution in [2.45, 2.75) is 33.1 Å². The summed E-state index contributed by atoms with van der Waals surface area (Å²) >= 11 is 0. The molecule has 0 aliphatic rings. The average molecular weight is 239 g/mol. The topological polar surface area (TPSA) is 21.3 Å². The van der Waals surface area contributed by atoms with Gasteiger partial charge in [0, 0.05) is 6.07 Å². The quantitative estimate of drug-likeness (QED) is 0.703. The zero-order valence-corrected chi connectivity index (χ0v) is 10.8. The van der Waals surface area contributed by atoms with Crippen molar-refractivity contribution in [2.75, 3.05) is 19.7 Å². The predicted octanol–water partition coefficient (Wildman–Crippen LogP) is 3.29. The van der Waals surface area contributed by atoms with Gasteiger partial charge < -0.3 is 10.1 Å². The van der Waals surface area contributed by atoms with E-state index in [0.29, 0.717) is 12.4 Å². The van der Waals surface area contributed by atoms with Crippen LogP contribution in [-0.4, -0.2) is 19.7 Å². The minimum absolute atomic E-state index is 0.241. The molecular formula is C14H22FNO. The smallest absolute Gasteiger partial charge is 0.126 e. The lowest BCUT2D eigenvalue weighted by Crippen LogP contribution is -2.16. The summed E-state index contributed by atoms with van der Waals surface area (Å²) in [6.07, 6.45) is 3.25. The van der Waals surface area contributed by atoms with Crippen LogP contribution in [0.1, 0.15) is 31.7 Å². The van der Waals surface area contributed by atoms with E-state index in [-0.39, 0.29) is 5.82 Å². The average Bonchev–Trinajstić information content (AvgIpc) is 2.32. The van der Waals surface area contributed by atoms with Crippen molar-refractivity contribution in [1.29, 1.82) is 0 Å². The number of halogens is 1. The van der Waals surface area contributed by atoms with Crippen molar-refractivity contribution in [1.82, 2.24) is 5.32 Å². The van der Waals surface area contributed by atoms with Gasteiger partial charge in [0.25, 0.3) is 0 Å². The van der Waals surface area contributed by atoms with Crippen molar-refractivity contribution in [3.63, 3.8) is 0 Å². The Kier molecular flexibility index (Phi) is 6.63. The maximum absolute atomic E-state index is 13.0. The van der Waals surface area contributed by atoms with Crippen molar-refractivity contribution < 1.29 is 9.13 Å². The second kappa shape index (κ2) is 8.07. The zero-order chi connectivity index (χ0) is 12.5. The Morgan fingerprint density at radius 2 is 2.06 bits per heavy atom. The van der Waals surface area contributed by atoms with Crippen LogP contribution in [0.3, 0.4) is 0 Å². The number of unbranched alkanes of at least 4 members (excludes halogenated alkanes) is 1. The number of hydrogen-bond donors (Lipinski definition) is 1. The first kappa shape index (κ1) is 14.0. The zero-order valence-electron chi connectivity index (χ0n) is 10.8. The molecule has 1 rings (SSSR count). The molecule has 0 heterocycles. The molecule has 0 aliphatic heterocycles. The Balaban J connectivity index is 2.15. The summed E-state index contributed by atoms with van der Waals surface area (Å²) in [6.45, 7) is 6.84. The van der Waals surface area contributed by atoms with E-state index in [2.05, 4.69) is 12.2 Å². The summed E-state index contributed by atoms with van der Waals surface area (Å²) in [6, 6.07) is 4.65. The molecule has 0 aliphatic carbocycles. The Bertz CT molecular complexity index is 328. The van der Waals surface area contributed by atoms with Gasteiger partial charge in [-0.05, 0) is 50.9 Å². The molecule has 0 atom stereocenters. The molecule has 2 nitrogen and oxygen atoms in total. The first-order chi connectivity index (χ1) is 8.24. The van der Waals surface area contributed by atoms with Crippen molar-refractivity contribution in [3.8, 4) is 5.75 Å². The summed E-state index contributed by atoms with van der Waals surface area (Å²) in [5.41, 5.74) is 0.982. The highest BCUT2D eigenvalue weighted by Crippen LogP contribution is 2.18. The van der Waals surface area contributed by atoms with E-state index < -0.39 is 0 Å². The largest absolute Gasteiger partial charge is 0.493 e. The van der Waals surface area contributed by atoms with Gasteiger partial charge in [0.05, 0.1) is 6.61 Å². The standard InChI is InChI=1S/C14H22FNO/c1-3-8-16-9-4-5-10-17-14-11-13(15)7-6-12(14)2/h6-7,11,16H,3-5,8-10H2,1-2H3. The second-order valence-electron chi connectivity index (χ2n) is 4.22. The maximum atomic E-state index is 13.0. The molecule has 0 fully saturated rings. The van der Waals surface area contributed by atoms with Crippen LogP contribution in [0.4, 0.5) is 4.39 Å². The van der Waals surface area contributed by atoms with Gasteiger partial charge in [-0.1, -0.05) is 13.0 Å². The third-order valence-corrected chi connectivity index (χ3v) is 2.58. The van der Waals surface area contributed by atoms with E-state index in [4.69, 9.17) is 4.74 Å². The molecule has 0 radical (unpaired) electrons. The lowest BCUT2D eigenvalue weighted by Gasteiger charge is -2.09. The molecule has 96 valence electrons. The number of benzene rings is 1. The number of aryl methyl sites for hydroxylation is 1. The Morgan fingerprint density at radius 1 is 1.24 bits per heavy atom. The highest BCUT2D eigenvalue weighted by Gasteiger charge is 2.00. The summed E-state index contributed by atoms with van der Waals surface area (Å²) in [7, 11) is 0. The van der Waals surface area contributed by atoms with E-state index >= 15 is 0 Å². The number of nitrogens with one attached hydrogen (secondary N) is 1. The van der Waals surface area contributed by atoms with Crippen LogP contribution in [0, 0.1) is 12.7 Å². The van der Waals surface area contributed by atoms with Gasteiger partial charge >= 0.3 is 0 Å². The van der Waals surface area contributed by atoms with Crippen LogP contribution in [0.15, 0.2) is 18.2 Å². The number of hydrogen-bond acceptors (Lipinski definition) is 2. The highest BCUT2D eigenvalue weighted by molar-refractivity contribution is 5.32. The van der Waals surface area contributed by atoms with Gasteiger partial charge in [0.15, 0.2) is 0 Å². The summed E-state index contributed by atoms with van der Waals surface area (Å²) in [5.74, 6) is 0.418. The van der Waals surface area contributed by atoms with Crippen molar-refractivity contribution >= 4 is 0 Å². The van der Waals surface area contributed by atoms with Crippen LogP contribution in [0.2, 0.25) is 0 Å². The second-order valence-corrected chi connectivity index (χ2v) is 4.22. The van der Waals surface area contributed by atoms with Crippen LogP contribution in [0.25, 0.3) is 0 Å². The van der Waals surface area contributed by atoms with Crippen LogP contribution in [-0.2, 0) is 0 Å². The Hall–Kier alpha value is -1.09. The lowest BCUT2D eigenvalue weighted by molar-refractivity contribution is 0.302. The number of rotatable bonds is 8. The van der Waals surface area contributed by atoms with Gasteiger partial charge in [0.2, 0.25) is 0 Å². The van der Waals surface area contributed by atoms with Crippen LogP contribution < -0.4 is 10.1 Å². The lowest BCUT2D eigenvalue weighted by atomic mass is 10.2. The third-order valence-electron chi connectivity index (χ3n) is 2.58. The van der Waals surface area contributed by atoms with E-state index in [1.165, 1.54) is 18.6 Å². The van der Waals surface area contributed by atoms with Crippen molar-refractivity contribution in [2.24, 2.45) is 0 Å². The van der Waals surface area contributed by atoms with E-state index in [0.717, 1.165) is 31.5 Å². The van der Waals surface area contributed by atoms with E-state index in [1.54, 1.807) is 6.07 Å². The normalized spacial score (nSPS) is 10.5. The molecule has 0 unspecified atom stereocenters. The molecule has 0 aromatic heterocycles. The first-order valence-corrected chi connectivity index (χ1v) is 6.33. The SMILES string of the molecule is CCCNCCCCOc1cc(F)ccc1C. The van der Waals surface area contributed by atoms with Gasteiger partial charge in [-0.25, -0.2) is 4.39 Å². The Labute approximate surface area is 103 Å². The summed E-state index contributed by atoms with van der Waals surface area (Å²) in [5, 5.41) is 3.34. The molecule has 0 spiro atoms. The molecule has 0 bridgehead atoms. The van der Waals surface area contributed by atoms with Crippen LogP contribution >= 0.6 is 0 Å². The number of ether oxygens (including phenoxy) is 1. The minimum Gasteiger partial charge on any atom is -0.493 e. The minimum atomic E-state index is -0.241. The molecule has 1 aromatic carbocycles. The fourth-order valence-electron chi connectivity index (χ4n) is 1.57. The molecule has 3 heteroatoms. The molecule has 0 saturated heterocycles. The van der Waals surface area contributed by atoms with Gasteiger partial charge in [0.1, 0.15) is 11.6 Å². The van der Waals surface area contributed by atoms with Gasteiger partial charge in [-0.3, -0.25) is 0 Å². The van der Waals surface area contributed by atoms with Gasteiger partial charge in [-0.2, -0.15) is 0 Å². The fourth-order valence-corrected chi connectivity index (χ4v) is 1.57. The molecule has 1 N–H and O–H groups in total. The monoisotopic (exact) mass is 239 g/mol. The molecule has 1 aromatic rings. The molecule has 0 saturated carbocycles. The molecule has 17 heavy (non-hydrogen) atoms. The summed E-state index contributed by atoms with van der Waals surface area (Å²) < 4.78 is 18.5.